The minimum atomic E-state index is 0.203. The van der Waals surface area contributed by atoms with Crippen molar-refractivity contribution >= 4 is 11.8 Å². The van der Waals surface area contributed by atoms with E-state index < -0.39 is 0 Å². The molecule has 2 N–H and O–H groups in total. The van der Waals surface area contributed by atoms with Crippen LogP contribution in [0.5, 0.6) is 0 Å². The predicted molar refractivity (Wildman–Crippen MR) is 76.3 cm³/mol. The lowest BCUT2D eigenvalue weighted by Crippen LogP contribution is -2.21. The van der Waals surface area contributed by atoms with E-state index in [-0.39, 0.29) is 6.04 Å². The van der Waals surface area contributed by atoms with Gasteiger partial charge in [0.25, 0.3) is 5.22 Å². The van der Waals surface area contributed by atoms with Crippen LogP contribution in [0.2, 0.25) is 0 Å². The van der Waals surface area contributed by atoms with Crippen molar-refractivity contribution in [3.8, 4) is 0 Å². The second kappa shape index (κ2) is 6.21. The molecule has 0 aromatic carbocycles. The van der Waals surface area contributed by atoms with Crippen LogP contribution in [0.15, 0.2) is 33.2 Å². The van der Waals surface area contributed by atoms with Crippen molar-refractivity contribution in [2.45, 2.75) is 49.9 Å². The SMILES string of the molecule is CCC(N)Cc1cnc(Sc2nc(C)co2)c(C)c1. The summed E-state index contributed by atoms with van der Waals surface area (Å²) in [6.45, 7) is 6.05. The standard InChI is InChI=1S/C14H19N3OS/c1-4-12(15)6-11-5-9(2)13(16-7-11)19-14-17-10(3)8-18-14/h5,7-8,12H,4,6,15H2,1-3H3. The topological polar surface area (TPSA) is 64.9 Å². The van der Waals surface area contributed by atoms with E-state index in [1.807, 2.05) is 20.0 Å². The van der Waals surface area contributed by atoms with Gasteiger partial charge in [0.15, 0.2) is 0 Å². The summed E-state index contributed by atoms with van der Waals surface area (Å²) in [6.07, 6.45) is 5.38. The number of hydrogen-bond acceptors (Lipinski definition) is 5. The average Bonchev–Trinajstić information content (AvgIpc) is 2.78. The van der Waals surface area contributed by atoms with Crippen molar-refractivity contribution in [2.24, 2.45) is 5.73 Å². The van der Waals surface area contributed by atoms with Gasteiger partial charge in [-0.1, -0.05) is 13.0 Å². The molecule has 2 aromatic rings. The van der Waals surface area contributed by atoms with Crippen molar-refractivity contribution in [2.75, 3.05) is 0 Å². The number of nitrogens with zero attached hydrogens (tertiary/aromatic N) is 2. The van der Waals surface area contributed by atoms with E-state index in [0.29, 0.717) is 5.22 Å². The van der Waals surface area contributed by atoms with Gasteiger partial charge >= 0.3 is 0 Å². The number of nitrogens with two attached hydrogens (primary N) is 1. The second-order valence-electron chi connectivity index (χ2n) is 4.69. The molecule has 0 saturated heterocycles. The van der Waals surface area contributed by atoms with Gasteiger partial charge in [0, 0.05) is 12.2 Å². The molecule has 19 heavy (non-hydrogen) atoms. The maximum absolute atomic E-state index is 5.96. The van der Waals surface area contributed by atoms with Gasteiger partial charge in [0.1, 0.15) is 11.3 Å². The van der Waals surface area contributed by atoms with Crippen LogP contribution in [-0.2, 0) is 6.42 Å². The van der Waals surface area contributed by atoms with Crippen molar-refractivity contribution in [1.82, 2.24) is 9.97 Å². The lowest BCUT2D eigenvalue weighted by atomic mass is 10.1. The molecule has 2 rings (SSSR count). The van der Waals surface area contributed by atoms with Gasteiger partial charge in [-0.15, -0.1) is 0 Å². The first kappa shape index (κ1) is 14.1. The molecule has 2 heterocycles. The quantitative estimate of drug-likeness (QED) is 0.909. The lowest BCUT2D eigenvalue weighted by Gasteiger charge is -2.10. The van der Waals surface area contributed by atoms with Gasteiger partial charge in [-0.3, -0.25) is 0 Å². The highest BCUT2D eigenvalue weighted by Crippen LogP contribution is 2.28. The van der Waals surface area contributed by atoms with Crippen LogP contribution in [0.4, 0.5) is 0 Å². The Bertz CT molecular complexity index is 553. The van der Waals surface area contributed by atoms with Gasteiger partial charge in [-0.25, -0.2) is 9.97 Å². The van der Waals surface area contributed by atoms with Crippen molar-refractivity contribution in [3.63, 3.8) is 0 Å². The Hall–Kier alpha value is -1.33. The summed E-state index contributed by atoms with van der Waals surface area (Å²) < 4.78 is 5.33. The summed E-state index contributed by atoms with van der Waals surface area (Å²) in [4.78, 5) is 8.74. The molecular formula is C14H19N3OS. The van der Waals surface area contributed by atoms with Gasteiger partial charge in [-0.2, -0.15) is 0 Å². The van der Waals surface area contributed by atoms with Crippen LogP contribution in [0.3, 0.4) is 0 Å². The molecule has 0 aliphatic carbocycles. The zero-order valence-corrected chi connectivity index (χ0v) is 12.3. The molecule has 0 saturated carbocycles. The predicted octanol–water partition coefficient (Wildman–Crippen LogP) is 3.12. The Labute approximate surface area is 117 Å². The van der Waals surface area contributed by atoms with E-state index in [1.165, 1.54) is 17.3 Å². The van der Waals surface area contributed by atoms with Gasteiger partial charge in [0.05, 0.1) is 5.69 Å². The molecular weight excluding hydrogens is 258 g/mol. The van der Waals surface area contributed by atoms with E-state index in [9.17, 15) is 0 Å². The summed E-state index contributed by atoms with van der Waals surface area (Å²) in [5, 5.41) is 1.56. The Morgan fingerprint density at radius 2 is 2.21 bits per heavy atom. The molecule has 5 heteroatoms. The fourth-order valence-electron chi connectivity index (χ4n) is 1.75. The molecule has 4 nitrogen and oxygen atoms in total. The van der Waals surface area contributed by atoms with Gasteiger partial charge in [0.2, 0.25) is 0 Å². The Kier molecular flexibility index (Phi) is 4.61. The van der Waals surface area contributed by atoms with Crippen LogP contribution < -0.4 is 5.73 Å². The zero-order valence-electron chi connectivity index (χ0n) is 11.5. The molecule has 0 aliphatic heterocycles. The van der Waals surface area contributed by atoms with Gasteiger partial charge < -0.3 is 10.2 Å². The third-order valence-corrected chi connectivity index (χ3v) is 3.87. The van der Waals surface area contributed by atoms with Crippen LogP contribution in [0, 0.1) is 13.8 Å². The normalized spacial score (nSPS) is 12.6. The average molecular weight is 277 g/mol. The van der Waals surface area contributed by atoms with E-state index in [2.05, 4.69) is 23.0 Å². The lowest BCUT2D eigenvalue weighted by molar-refractivity contribution is 0.453. The largest absolute Gasteiger partial charge is 0.439 e. The highest BCUT2D eigenvalue weighted by atomic mass is 32.2. The van der Waals surface area contributed by atoms with E-state index >= 15 is 0 Å². The maximum atomic E-state index is 5.96. The first-order valence-electron chi connectivity index (χ1n) is 6.39. The van der Waals surface area contributed by atoms with Crippen molar-refractivity contribution in [3.05, 3.63) is 35.3 Å². The minimum Gasteiger partial charge on any atom is -0.439 e. The zero-order chi connectivity index (χ0) is 13.8. The number of oxazole rings is 1. The molecule has 1 atom stereocenters. The molecule has 0 fully saturated rings. The second-order valence-corrected chi connectivity index (χ2v) is 5.63. The van der Waals surface area contributed by atoms with E-state index in [4.69, 9.17) is 10.2 Å². The van der Waals surface area contributed by atoms with Crippen LogP contribution in [0.25, 0.3) is 0 Å². The first-order valence-corrected chi connectivity index (χ1v) is 7.21. The van der Waals surface area contributed by atoms with Gasteiger partial charge in [-0.05, 0) is 49.6 Å². The number of aryl methyl sites for hydroxylation is 2. The summed E-state index contributed by atoms with van der Waals surface area (Å²) in [5.41, 5.74) is 9.15. The number of hydrogen-bond donors (Lipinski definition) is 1. The molecule has 0 aliphatic rings. The summed E-state index contributed by atoms with van der Waals surface area (Å²) in [5.74, 6) is 0. The number of aromatic nitrogens is 2. The van der Waals surface area contributed by atoms with Crippen LogP contribution >= 0.6 is 11.8 Å². The first-order chi connectivity index (χ1) is 9.08. The van der Waals surface area contributed by atoms with Crippen molar-refractivity contribution in [1.29, 1.82) is 0 Å². The van der Waals surface area contributed by atoms with E-state index in [1.54, 1.807) is 6.26 Å². The molecule has 0 radical (unpaired) electrons. The molecule has 102 valence electrons. The molecule has 1 unspecified atom stereocenters. The monoisotopic (exact) mass is 277 g/mol. The fourth-order valence-corrected chi connectivity index (χ4v) is 2.52. The third kappa shape index (κ3) is 3.81. The minimum absolute atomic E-state index is 0.203. The molecule has 0 bridgehead atoms. The molecule has 0 spiro atoms. The maximum Gasteiger partial charge on any atom is 0.262 e. The van der Waals surface area contributed by atoms with Crippen LogP contribution in [-0.4, -0.2) is 16.0 Å². The Morgan fingerprint density at radius 3 is 2.79 bits per heavy atom. The smallest absolute Gasteiger partial charge is 0.262 e. The van der Waals surface area contributed by atoms with Crippen LogP contribution in [0.1, 0.15) is 30.2 Å². The highest BCUT2D eigenvalue weighted by molar-refractivity contribution is 7.99. The summed E-state index contributed by atoms with van der Waals surface area (Å²) in [6, 6.07) is 2.34. The summed E-state index contributed by atoms with van der Waals surface area (Å²) >= 11 is 1.45. The van der Waals surface area contributed by atoms with Crippen molar-refractivity contribution < 1.29 is 4.42 Å². The molecule has 0 amide bonds. The Balaban J connectivity index is 2.10. The number of rotatable bonds is 5. The fraction of sp³-hybridized carbons (Fsp3) is 0.429. The Morgan fingerprint density at radius 1 is 1.42 bits per heavy atom. The third-order valence-electron chi connectivity index (χ3n) is 2.89. The number of pyridine rings is 1. The van der Waals surface area contributed by atoms with E-state index in [0.717, 1.165) is 29.1 Å². The highest BCUT2D eigenvalue weighted by Gasteiger charge is 2.09. The molecule has 2 aromatic heterocycles. The summed E-state index contributed by atoms with van der Waals surface area (Å²) in [7, 11) is 0.